The maximum absolute atomic E-state index is 11.7. The van der Waals surface area contributed by atoms with Gasteiger partial charge in [-0.3, -0.25) is 4.79 Å². The molecule has 15 heavy (non-hydrogen) atoms. The van der Waals surface area contributed by atoms with Crippen molar-refractivity contribution in [3.8, 4) is 0 Å². The maximum Gasteiger partial charge on any atom is 0.227 e. The van der Waals surface area contributed by atoms with E-state index in [0.29, 0.717) is 0 Å². The highest BCUT2D eigenvalue weighted by molar-refractivity contribution is 14.1. The fourth-order valence-electron chi connectivity index (χ4n) is 1.50. The summed E-state index contributed by atoms with van der Waals surface area (Å²) < 4.78 is 2.07. The highest BCUT2D eigenvalue weighted by atomic mass is 127. The normalized spacial score (nSPS) is 15.9. The molecule has 1 saturated carbocycles. The van der Waals surface area contributed by atoms with Gasteiger partial charge in [-0.05, 0) is 53.6 Å². The van der Waals surface area contributed by atoms with E-state index in [2.05, 4.69) is 43.8 Å². The third-order valence-electron chi connectivity index (χ3n) is 2.66. The van der Waals surface area contributed by atoms with Crippen molar-refractivity contribution >= 4 is 50.1 Å². The van der Waals surface area contributed by atoms with E-state index in [-0.39, 0.29) is 11.8 Å². The molecule has 0 bridgehead atoms. The van der Waals surface area contributed by atoms with Crippen LogP contribution in [0, 0.1) is 9.49 Å². The van der Waals surface area contributed by atoms with Crippen molar-refractivity contribution in [1.29, 1.82) is 0 Å². The van der Waals surface area contributed by atoms with Gasteiger partial charge in [-0.15, -0.1) is 0 Å². The summed E-state index contributed by atoms with van der Waals surface area (Å²) in [6.45, 7) is 0. The molecule has 0 spiro atoms. The summed E-state index contributed by atoms with van der Waals surface area (Å²) in [6, 6.07) is 5.90. The zero-order chi connectivity index (χ0) is 10.8. The quantitative estimate of drug-likeness (QED) is 0.778. The van der Waals surface area contributed by atoms with Gasteiger partial charge < -0.3 is 5.32 Å². The maximum atomic E-state index is 11.7. The fraction of sp³-hybridized carbons (Fsp3) is 0.364. The van der Waals surface area contributed by atoms with Gasteiger partial charge in [-0.2, -0.15) is 0 Å². The molecular weight excluding hydrogens is 369 g/mol. The molecule has 0 heterocycles. The van der Waals surface area contributed by atoms with Gasteiger partial charge in [0.1, 0.15) is 0 Å². The van der Waals surface area contributed by atoms with Gasteiger partial charge >= 0.3 is 0 Å². The third kappa shape index (κ3) is 2.72. The molecule has 1 fully saturated rings. The number of benzene rings is 1. The van der Waals surface area contributed by atoms with Crippen LogP contribution in [-0.2, 0) is 4.79 Å². The van der Waals surface area contributed by atoms with Gasteiger partial charge in [0.05, 0.1) is 5.69 Å². The first-order valence-corrected chi connectivity index (χ1v) is 6.80. The number of amides is 1. The molecule has 0 unspecified atom stereocenters. The molecule has 1 amide bonds. The van der Waals surface area contributed by atoms with Crippen LogP contribution in [0.25, 0.3) is 0 Å². The molecule has 80 valence electrons. The van der Waals surface area contributed by atoms with Crippen molar-refractivity contribution < 1.29 is 4.79 Å². The van der Waals surface area contributed by atoms with Gasteiger partial charge in [0.25, 0.3) is 0 Å². The van der Waals surface area contributed by atoms with E-state index in [0.717, 1.165) is 26.6 Å². The molecule has 2 rings (SSSR count). The topological polar surface area (TPSA) is 29.1 Å². The Morgan fingerprint density at radius 3 is 2.80 bits per heavy atom. The Balaban J connectivity index is 2.09. The first-order chi connectivity index (χ1) is 7.16. The Labute approximate surface area is 111 Å². The largest absolute Gasteiger partial charge is 0.325 e. The summed E-state index contributed by atoms with van der Waals surface area (Å²) in [5, 5.41) is 2.98. The standard InChI is InChI=1S/C11H11BrINO/c12-8-4-5-9(13)10(6-8)14-11(15)7-2-1-3-7/h4-7H,1-3H2,(H,14,15). The first kappa shape index (κ1) is 11.4. The number of anilines is 1. The minimum atomic E-state index is 0.164. The van der Waals surface area contributed by atoms with Crippen LogP contribution >= 0.6 is 38.5 Å². The van der Waals surface area contributed by atoms with Crippen LogP contribution in [0.15, 0.2) is 22.7 Å². The van der Waals surface area contributed by atoms with E-state index in [1.165, 1.54) is 6.42 Å². The highest BCUT2D eigenvalue weighted by Gasteiger charge is 2.25. The van der Waals surface area contributed by atoms with Gasteiger partial charge in [0.2, 0.25) is 5.91 Å². The molecule has 0 atom stereocenters. The monoisotopic (exact) mass is 379 g/mol. The average Bonchev–Trinajstić information content (AvgIpc) is 2.08. The molecule has 4 heteroatoms. The number of carbonyl (C=O) groups excluding carboxylic acids is 1. The minimum Gasteiger partial charge on any atom is -0.325 e. The van der Waals surface area contributed by atoms with Crippen LogP contribution in [0.1, 0.15) is 19.3 Å². The lowest BCUT2D eigenvalue weighted by molar-refractivity contribution is -0.122. The average molecular weight is 380 g/mol. The molecule has 1 N–H and O–H groups in total. The van der Waals surface area contributed by atoms with Crippen LogP contribution in [0.5, 0.6) is 0 Å². The van der Waals surface area contributed by atoms with E-state index in [1.807, 2.05) is 18.2 Å². The van der Waals surface area contributed by atoms with E-state index in [1.54, 1.807) is 0 Å². The number of nitrogens with one attached hydrogen (secondary N) is 1. The summed E-state index contributed by atoms with van der Waals surface area (Å²) in [6.07, 6.45) is 3.26. The SMILES string of the molecule is O=C(Nc1cc(Br)ccc1I)C1CCC1. The molecule has 0 radical (unpaired) electrons. The van der Waals surface area contributed by atoms with Crippen molar-refractivity contribution in [3.63, 3.8) is 0 Å². The fourth-order valence-corrected chi connectivity index (χ4v) is 2.33. The predicted molar refractivity (Wildman–Crippen MR) is 72.8 cm³/mol. The second kappa shape index (κ2) is 4.82. The van der Waals surface area contributed by atoms with Crippen molar-refractivity contribution in [2.24, 2.45) is 5.92 Å². The van der Waals surface area contributed by atoms with Crippen LogP contribution in [0.4, 0.5) is 5.69 Å². The van der Waals surface area contributed by atoms with Crippen LogP contribution in [0.2, 0.25) is 0 Å². The number of rotatable bonds is 2. The lowest BCUT2D eigenvalue weighted by atomic mass is 9.85. The zero-order valence-electron chi connectivity index (χ0n) is 8.09. The minimum absolute atomic E-state index is 0.164. The molecule has 0 saturated heterocycles. The Hall–Kier alpha value is -0.100. The second-order valence-corrected chi connectivity index (χ2v) is 5.82. The Morgan fingerprint density at radius 2 is 2.20 bits per heavy atom. The van der Waals surface area contributed by atoms with Crippen LogP contribution in [0.3, 0.4) is 0 Å². The summed E-state index contributed by atoms with van der Waals surface area (Å²) >= 11 is 5.63. The van der Waals surface area contributed by atoms with Gasteiger partial charge in [-0.25, -0.2) is 0 Å². The smallest absolute Gasteiger partial charge is 0.227 e. The molecule has 0 aromatic heterocycles. The Kier molecular flexibility index (Phi) is 3.66. The first-order valence-electron chi connectivity index (χ1n) is 4.93. The number of hydrogen-bond donors (Lipinski definition) is 1. The summed E-state index contributed by atoms with van der Waals surface area (Å²) in [4.78, 5) is 11.7. The Morgan fingerprint density at radius 1 is 1.47 bits per heavy atom. The van der Waals surface area contributed by atoms with E-state index >= 15 is 0 Å². The molecule has 1 aliphatic rings. The van der Waals surface area contributed by atoms with Gasteiger partial charge in [0, 0.05) is 14.0 Å². The summed E-state index contributed by atoms with van der Waals surface area (Å²) in [5.41, 5.74) is 0.905. The van der Waals surface area contributed by atoms with Crippen molar-refractivity contribution in [2.75, 3.05) is 5.32 Å². The zero-order valence-corrected chi connectivity index (χ0v) is 11.8. The molecule has 1 aliphatic carbocycles. The van der Waals surface area contributed by atoms with E-state index < -0.39 is 0 Å². The van der Waals surface area contributed by atoms with Crippen molar-refractivity contribution in [2.45, 2.75) is 19.3 Å². The molecule has 2 nitrogen and oxygen atoms in total. The van der Waals surface area contributed by atoms with Gasteiger partial charge in [-0.1, -0.05) is 22.4 Å². The number of carbonyl (C=O) groups is 1. The molecule has 1 aromatic carbocycles. The lowest BCUT2D eigenvalue weighted by Gasteiger charge is -2.24. The van der Waals surface area contributed by atoms with Crippen molar-refractivity contribution in [1.82, 2.24) is 0 Å². The van der Waals surface area contributed by atoms with E-state index in [4.69, 9.17) is 0 Å². The second-order valence-electron chi connectivity index (χ2n) is 3.74. The van der Waals surface area contributed by atoms with Gasteiger partial charge in [0.15, 0.2) is 0 Å². The molecule has 1 aromatic rings. The number of halogens is 2. The lowest BCUT2D eigenvalue weighted by Crippen LogP contribution is -2.28. The highest BCUT2D eigenvalue weighted by Crippen LogP contribution is 2.29. The van der Waals surface area contributed by atoms with E-state index in [9.17, 15) is 4.79 Å². The summed E-state index contributed by atoms with van der Waals surface area (Å²) in [5.74, 6) is 0.400. The summed E-state index contributed by atoms with van der Waals surface area (Å²) in [7, 11) is 0. The molecular formula is C11H11BrINO. The van der Waals surface area contributed by atoms with Crippen LogP contribution < -0.4 is 5.32 Å². The van der Waals surface area contributed by atoms with Crippen molar-refractivity contribution in [3.05, 3.63) is 26.2 Å². The molecule has 0 aliphatic heterocycles. The third-order valence-corrected chi connectivity index (χ3v) is 4.10. The predicted octanol–water partition coefficient (Wildman–Crippen LogP) is 3.79. The number of hydrogen-bond acceptors (Lipinski definition) is 1. The van der Waals surface area contributed by atoms with Crippen LogP contribution in [-0.4, -0.2) is 5.91 Å². The Bertz CT molecular complexity index is 390.